The minimum atomic E-state index is 0.338. The van der Waals surface area contributed by atoms with Crippen molar-refractivity contribution in [1.29, 1.82) is 0 Å². The zero-order chi connectivity index (χ0) is 17.9. The Labute approximate surface area is 151 Å². The number of aliphatic imine (C=N–C) groups is 1. The van der Waals surface area contributed by atoms with E-state index < -0.39 is 0 Å². The fourth-order valence-electron chi connectivity index (χ4n) is 3.17. The lowest BCUT2D eigenvalue weighted by molar-refractivity contribution is -0.0679. The second-order valence-corrected chi connectivity index (χ2v) is 6.68. The van der Waals surface area contributed by atoms with Crippen LogP contribution in [-0.4, -0.2) is 72.1 Å². The molecule has 7 nitrogen and oxygen atoms in total. The number of morpholine rings is 1. The number of ether oxygens (including phenoxy) is 1. The molecule has 1 aromatic heterocycles. The highest BCUT2D eigenvalue weighted by atomic mass is 16.5. The van der Waals surface area contributed by atoms with Gasteiger partial charge in [0.05, 0.1) is 12.2 Å². The molecule has 25 heavy (non-hydrogen) atoms. The molecule has 2 unspecified atom stereocenters. The standard InChI is InChI=1S/C18H34N6O/c1-4-19-18(21-9-6-12-24-13-7-10-22-24)20-8-5-11-23-14-16(2)25-17(3)15-23/h7,10,13,16-17H,4-6,8-9,11-12,14-15H2,1-3H3,(H2,19,20,21). The minimum Gasteiger partial charge on any atom is -0.373 e. The molecule has 1 fully saturated rings. The first kappa shape index (κ1) is 19.7. The zero-order valence-corrected chi connectivity index (χ0v) is 15.9. The number of nitrogens with one attached hydrogen (secondary N) is 2. The van der Waals surface area contributed by atoms with Crippen molar-refractivity contribution < 1.29 is 4.74 Å². The molecule has 1 aromatic rings. The molecule has 2 heterocycles. The van der Waals surface area contributed by atoms with E-state index in [1.807, 2.05) is 23.1 Å². The molecule has 1 aliphatic heterocycles. The summed E-state index contributed by atoms with van der Waals surface area (Å²) in [6, 6.07) is 1.95. The predicted molar refractivity (Wildman–Crippen MR) is 102 cm³/mol. The van der Waals surface area contributed by atoms with Crippen LogP contribution >= 0.6 is 0 Å². The molecule has 142 valence electrons. The van der Waals surface area contributed by atoms with E-state index in [2.05, 4.69) is 46.4 Å². The average molecular weight is 351 g/mol. The number of aryl methyl sites for hydroxylation is 1. The fourth-order valence-corrected chi connectivity index (χ4v) is 3.17. The lowest BCUT2D eigenvalue weighted by Crippen LogP contribution is -2.46. The van der Waals surface area contributed by atoms with Gasteiger partial charge in [-0.2, -0.15) is 5.10 Å². The highest BCUT2D eigenvalue weighted by Crippen LogP contribution is 2.10. The third kappa shape index (κ3) is 7.88. The number of aromatic nitrogens is 2. The molecule has 2 N–H and O–H groups in total. The summed E-state index contributed by atoms with van der Waals surface area (Å²) >= 11 is 0. The Hall–Kier alpha value is -1.60. The molecule has 2 atom stereocenters. The molecular weight excluding hydrogens is 316 g/mol. The lowest BCUT2D eigenvalue weighted by atomic mass is 10.2. The van der Waals surface area contributed by atoms with Crippen LogP contribution in [0.25, 0.3) is 0 Å². The Kier molecular flexibility index (Phi) is 8.76. The third-order valence-electron chi connectivity index (χ3n) is 4.16. The summed E-state index contributed by atoms with van der Waals surface area (Å²) in [5, 5.41) is 11.0. The molecule has 0 saturated carbocycles. The summed E-state index contributed by atoms with van der Waals surface area (Å²) in [6.07, 6.45) is 6.57. The van der Waals surface area contributed by atoms with E-state index in [0.717, 1.165) is 64.6 Å². The molecule has 0 bridgehead atoms. The van der Waals surface area contributed by atoms with E-state index in [9.17, 15) is 0 Å². The molecule has 0 spiro atoms. The van der Waals surface area contributed by atoms with Crippen molar-refractivity contribution in [3.05, 3.63) is 18.5 Å². The predicted octanol–water partition coefficient (Wildman–Crippen LogP) is 1.33. The minimum absolute atomic E-state index is 0.338. The van der Waals surface area contributed by atoms with E-state index in [0.29, 0.717) is 12.2 Å². The van der Waals surface area contributed by atoms with Gasteiger partial charge in [-0.1, -0.05) is 0 Å². The van der Waals surface area contributed by atoms with Crippen LogP contribution in [0.2, 0.25) is 0 Å². The Morgan fingerprint density at radius 3 is 2.68 bits per heavy atom. The Morgan fingerprint density at radius 1 is 1.20 bits per heavy atom. The van der Waals surface area contributed by atoms with Gasteiger partial charge in [0.25, 0.3) is 0 Å². The van der Waals surface area contributed by atoms with Gasteiger partial charge in [0.2, 0.25) is 0 Å². The van der Waals surface area contributed by atoms with Crippen LogP contribution < -0.4 is 10.6 Å². The van der Waals surface area contributed by atoms with Crippen molar-refractivity contribution in [3.8, 4) is 0 Å². The Balaban J connectivity index is 1.62. The van der Waals surface area contributed by atoms with Gasteiger partial charge < -0.3 is 15.4 Å². The molecule has 0 aliphatic carbocycles. The number of hydrogen-bond acceptors (Lipinski definition) is 4. The zero-order valence-electron chi connectivity index (χ0n) is 15.9. The van der Waals surface area contributed by atoms with E-state index in [1.54, 1.807) is 0 Å². The molecule has 1 saturated heterocycles. The number of rotatable bonds is 9. The van der Waals surface area contributed by atoms with Crippen molar-refractivity contribution in [1.82, 2.24) is 25.3 Å². The van der Waals surface area contributed by atoms with E-state index in [4.69, 9.17) is 4.74 Å². The van der Waals surface area contributed by atoms with Gasteiger partial charge >= 0.3 is 0 Å². The molecule has 2 rings (SSSR count). The smallest absolute Gasteiger partial charge is 0.191 e. The van der Waals surface area contributed by atoms with Crippen molar-refractivity contribution >= 4 is 5.96 Å². The first-order valence-electron chi connectivity index (χ1n) is 9.54. The highest BCUT2D eigenvalue weighted by Gasteiger charge is 2.21. The normalized spacial score (nSPS) is 22.1. The van der Waals surface area contributed by atoms with Gasteiger partial charge in [-0.05, 0) is 39.7 Å². The summed E-state index contributed by atoms with van der Waals surface area (Å²) in [6.45, 7) is 13.1. The SMILES string of the molecule is CCNC(=NCCCn1cccn1)NCCCN1CC(C)OC(C)C1. The second kappa shape index (κ2) is 11.1. The monoisotopic (exact) mass is 350 g/mol. The fraction of sp³-hybridized carbons (Fsp3) is 0.778. The van der Waals surface area contributed by atoms with E-state index in [-0.39, 0.29) is 0 Å². The van der Waals surface area contributed by atoms with Crippen molar-refractivity contribution in [2.24, 2.45) is 4.99 Å². The number of nitrogens with zero attached hydrogens (tertiary/aromatic N) is 4. The van der Waals surface area contributed by atoms with Crippen molar-refractivity contribution in [2.45, 2.75) is 52.4 Å². The van der Waals surface area contributed by atoms with Gasteiger partial charge in [-0.3, -0.25) is 14.6 Å². The van der Waals surface area contributed by atoms with Crippen LogP contribution in [0.4, 0.5) is 0 Å². The Bertz CT molecular complexity index is 480. The van der Waals surface area contributed by atoms with Crippen LogP contribution in [0.5, 0.6) is 0 Å². The molecule has 1 aliphatic rings. The quantitative estimate of drug-likeness (QED) is 0.400. The third-order valence-corrected chi connectivity index (χ3v) is 4.16. The number of guanidine groups is 1. The van der Waals surface area contributed by atoms with Gasteiger partial charge in [0.15, 0.2) is 5.96 Å². The van der Waals surface area contributed by atoms with Crippen LogP contribution in [0.3, 0.4) is 0 Å². The average Bonchev–Trinajstić information content (AvgIpc) is 3.08. The van der Waals surface area contributed by atoms with Gasteiger partial charge in [-0.25, -0.2) is 0 Å². The summed E-state index contributed by atoms with van der Waals surface area (Å²) < 4.78 is 7.73. The maximum Gasteiger partial charge on any atom is 0.191 e. The van der Waals surface area contributed by atoms with Crippen LogP contribution in [0, 0.1) is 0 Å². The van der Waals surface area contributed by atoms with Gasteiger partial charge in [-0.15, -0.1) is 0 Å². The van der Waals surface area contributed by atoms with Crippen molar-refractivity contribution in [2.75, 3.05) is 39.3 Å². The summed E-state index contributed by atoms with van der Waals surface area (Å²) in [7, 11) is 0. The van der Waals surface area contributed by atoms with Crippen LogP contribution in [-0.2, 0) is 11.3 Å². The molecule has 0 aromatic carbocycles. The maximum absolute atomic E-state index is 5.78. The van der Waals surface area contributed by atoms with E-state index >= 15 is 0 Å². The Morgan fingerprint density at radius 2 is 2.00 bits per heavy atom. The van der Waals surface area contributed by atoms with Gasteiger partial charge in [0, 0.05) is 58.2 Å². The lowest BCUT2D eigenvalue weighted by Gasteiger charge is -2.35. The maximum atomic E-state index is 5.78. The van der Waals surface area contributed by atoms with Crippen LogP contribution in [0.1, 0.15) is 33.6 Å². The summed E-state index contributed by atoms with van der Waals surface area (Å²) in [5.41, 5.74) is 0. The first-order valence-corrected chi connectivity index (χ1v) is 9.54. The topological polar surface area (TPSA) is 66.7 Å². The van der Waals surface area contributed by atoms with Crippen molar-refractivity contribution in [3.63, 3.8) is 0 Å². The highest BCUT2D eigenvalue weighted by molar-refractivity contribution is 5.79. The van der Waals surface area contributed by atoms with E-state index in [1.165, 1.54) is 0 Å². The summed E-state index contributed by atoms with van der Waals surface area (Å²) in [4.78, 5) is 7.14. The largest absolute Gasteiger partial charge is 0.373 e. The second-order valence-electron chi connectivity index (χ2n) is 6.68. The molecule has 0 radical (unpaired) electrons. The summed E-state index contributed by atoms with van der Waals surface area (Å²) in [5.74, 6) is 0.909. The van der Waals surface area contributed by atoms with Crippen LogP contribution in [0.15, 0.2) is 23.5 Å². The molecule has 0 amide bonds. The number of hydrogen-bond donors (Lipinski definition) is 2. The van der Waals surface area contributed by atoms with Gasteiger partial charge in [0.1, 0.15) is 0 Å². The molecular formula is C18H34N6O. The molecule has 7 heteroatoms. The first-order chi connectivity index (χ1) is 12.2.